The number of rotatable bonds is 5. The van der Waals surface area contributed by atoms with Crippen LogP contribution in [0.5, 0.6) is 0 Å². The predicted octanol–water partition coefficient (Wildman–Crippen LogP) is 4.00. The number of benzene rings is 1. The summed E-state index contributed by atoms with van der Waals surface area (Å²) in [7, 11) is -1.92. The first kappa shape index (κ1) is 16.3. The Labute approximate surface area is 144 Å². The smallest absolute Gasteiger partial charge is 0.239 e. The molecule has 23 heavy (non-hydrogen) atoms. The van der Waals surface area contributed by atoms with Crippen LogP contribution in [-0.2, 0) is 16.6 Å². The van der Waals surface area contributed by atoms with E-state index in [-0.39, 0.29) is 6.54 Å². The van der Waals surface area contributed by atoms with E-state index in [1.54, 1.807) is 42.6 Å². The van der Waals surface area contributed by atoms with Crippen LogP contribution in [0.25, 0.3) is 9.88 Å². The van der Waals surface area contributed by atoms with Crippen LogP contribution in [-0.4, -0.2) is 24.8 Å². The number of thiazole rings is 1. The van der Waals surface area contributed by atoms with Crippen LogP contribution < -0.4 is 0 Å². The molecule has 0 bridgehead atoms. The molecule has 0 spiro atoms. The number of thiophene rings is 1. The molecule has 0 fully saturated rings. The molecule has 7 heteroatoms. The quantitative estimate of drug-likeness (QED) is 0.687. The monoisotopic (exact) mass is 364 g/mol. The summed E-state index contributed by atoms with van der Waals surface area (Å²) in [5.74, 6) is 0. The molecule has 0 saturated heterocycles. The molecule has 0 aliphatic carbocycles. The van der Waals surface area contributed by atoms with Crippen LogP contribution in [0.4, 0.5) is 0 Å². The van der Waals surface area contributed by atoms with Gasteiger partial charge in [-0.1, -0.05) is 23.8 Å². The number of nitrogens with zero attached hydrogens (tertiary/aromatic N) is 2. The van der Waals surface area contributed by atoms with Crippen LogP contribution >= 0.6 is 22.7 Å². The Morgan fingerprint density at radius 2 is 1.87 bits per heavy atom. The molecule has 0 atom stereocenters. The number of aryl methyl sites for hydroxylation is 1. The van der Waals surface area contributed by atoms with Crippen molar-refractivity contribution in [1.29, 1.82) is 0 Å². The molecule has 0 saturated carbocycles. The summed E-state index contributed by atoms with van der Waals surface area (Å²) in [4.78, 5) is 5.94. The number of sulfonamides is 1. The van der Waals surface area contributed by atoms with Gasteiger partial charge in [-0.15, -0.1) is 22.7 Å². The van der Waals surface area contributed by atoms with Gasteiger partial charge in [0, 0.05) is 12.4 Å². The Morgan fingerprint density at radius 3 is 2.52 bits per heavy atom. The zero-order valence-corrected chi connectivity index (χ0v) is 15.2. The maximum Gasteiger partial charge on any atom is 0.243 e. The molecular weight excluding hydrogens is 348 g/mol. The highest BCUT2D eigenvalue weighted by atomic mass is 32.2. The van der Waals surface area contributed by atoms with E-state index in [0.29, 0.717) is 4.90 Å². The van der Waals surface area contributed by atoms with Crippen molar-refractivity contribution in [3.63, 3.8) is 0 Å². The van der Waals surface area contributed by atoms with Gasteiger partial charge in [0.15, 0.2) is 0 Å². The number of hydrogen-bond acceptors (Lipinski definition) is 5. The third kappa shape index (κ3) is 3.53. The fourth-order valence-electron chi connectivity index (χ4n) is 2.10. The molecular formula is C16H16N2O2S3. The maximum atomic E-state index is 12.6. The van der Waals surface area contributed by atoms with Gasteiger partial charge in [0.2, 0.25) is 10.0 Å². The van der Waals surface area contributed by atoms with Crippen LogP contribution in [0, 0.1) is 6.92 Å². The standard InChI is InChI=1S/C16H16N2O2S3/c1-12-5-7-14(8-6-12)23(19,20)18(2)10-13-11-22-16(17-13)15-4-3-9-21-15/h3-9,11H,10H2,1-2H3. The highest BCUT2D eigenvalue weighted by molar-refractivity contribution is 7.89. The van der Waals surface area contributed by atoms with Crippen molar-refractivity contribution in [2.75, 3.05) is 7.05 Å². The van der Waals surface area contributed by atoms with Gasteiger partial charge in [0.05, 0.1) is 22.0 Å². The first-order chi connectivity index (χ1) is 11.0. The molecule has 3 aromatic rings. The van der Waals surface area contributed by atoms with E-state index in [4.69, 9.17) is 0 Å². The van der Waals surface area contributed by atoms with E-state index in [1.165, 1.54) is 15.6 Å². The summed E-state index contributed by atoms with van der Waals surface area (Å²) in [6.45, 7) is 2.19. The fraction of sp³-hybridized carbons (Fsp3) is 0.188. The van der Waals surface area contributed by atoms with Crippen molar-refractivity contribution in [1.82, 2.24) is 9.29 Å². The van der Waals surface area contributed by atoms with Crippen molar-refractivity contribution >= 4 is 32.7 Å². The SMILES string of the molecule is Cc1ccc(S(=O)(=O)N(C)Cc2csc(-c3cccs3)n2)cc1. The van der Waals surface area contributed by atoms with Gasteiger partial charge < -0.3 is 0 Å². The lowest BCUT2D eigenvalue weighted by Crippen LogP contribution is -2.26. The lowest BCUT2D eigenvalue weighted by Gasteiger charge is -2.16. The summed E-state index contributed by atoms with van der Waals surface area (Å²) in [5.41, 5.74) is 1.79. The fourth-order valence-corrected chi connectivity index (χ4v) is 4.86. The van der Waals surface area contributed by atoms with E-state index in [0.717, 1.165) is 21.1 Å². The molecule has 4 nitrogen and oxygen atoms in total. The Kier molecular flexibility index (Phi) is 4.63. The first-order valence-electron chi connectivity index (χ1n) is 6.98. The van der Waals surface area contributed by atoms with Crippen molar-refractivity contribution in [3.8, 4) is 9.88 Å². The van der Waals surface area contributed by atoms with E-state index in [9.17, 15) is 8.42 Å². The summed E-state index contributed by atoms with van der Waals surface area (Å²) in [5, 5.41) is 4.84. The zero-order valence-electron chi connectivity index (χ0n) is 12.8. The minimum atomic E-state index is -3.50. The van der Waals surface area contributed by atoms with Gasteiger partial charge in [0.25, 0.3) is 0 Å². The second-order valence-electron chi connectivity index (χ2n) is 5.20. The lowest BCUT2D eigenvalue weighted by atomic mass is 10.2. The van der Waals surface area contributed by atoms with Gasteiger partial charge in [-0.3, -0.25) is 0 Å². The Hall–Kier alpha value is -1.54. The molecule has 3 rings (SSSR count). The van der Waals surface area contributed by atoms with Crippen molar-refractivity contribution in [2.45, 2.75) is 18.4 Å². The lowest BCUT2D eigenvalue weighted by molar-refractivity contribution is 0.463. The largest absolute Gasteiger partial charge is 0.243 e. The van der Waals surface area contributed by atoms with E-state index < -0.39 is 10.0 Å². The molecule has 0 aliphatic rings. The van der Waals surface area contributed by atoms with Gasteiger partial charge in [-0.25, -0.2) is 13.4 Å². The third-order valence-corrected chi connectivity index (χ3v) is 7.15. The molecule has 2 heterocycles. The zero-order chi connectivity index (χ0) is 16.4. The highest BCUT2D eigenvalue weighted by Crippen LogP contribution is 2.28. The summed E-state index contributed by atoms with van der Waals surface area (Å²) >= 11 is 3.16. The molecule has 0 unspecified atom stereocenters. The van der Waals surface area contributed by atoms with Crippen LogP contribution in [0.2, 0.25) is 0 Å². The van der Waals surface area contributed by atoms with E-state index in [1.807, 2.05) is 29.8 Å². The van der Waals surface area contributed by atoms with E-state index >= 15 is 0 Å². The third-order valence-electron chi connectivity index (χ3n) is 3.40. The second kappa shape index (κ2) is 6.52. The average molecular weight is 365 g/mol. The van der Waals surface area contributed by atoms with Gasteiger partial charge >= 0.3 is 0 Å². The van der Waals surface area contributed by atoms with Crippen molar-refractivity contribution < 1.29 is 8.42 Å². The molecule has 0 amide bonds. The molecule has 120 valence electrons. The molecule has 2 aromatic heterocycles. The summed E-state index contributed by atoms with van der Waals surface area (Å²) in [6.07, 6.45) is 0. The van der Waals surface area contributed by atoms with Gasteiger partial charge in [-0.05, 0) is 30.5 Å². The van der Waals surface area contributed by atoms with Crippen molar-refractivity contribution in [3.05, 3.63) is 58.4 Å². The molecule has 0 aliphatic heterocycles. The van der Waals surface area contributed by atoms with Crippen LogP contribution in [0.15, 0.2) is 52.1 Å². The molecule has 0 radical (unpaired) electrons. The minimum absolute atomic E-state index is 0.262. The van der Waals surface area contributed by atoms with Crippen LogP contribution in [0.1, 0.15) is 11.3 Å². The normalized spacial score (nSPS) is 12.0. The van der Waals surface area contributed by atoms with Gasteiger partial charge in [-0.2, -0.15) is 4.31 Å². The Morgan fingerprint density at radius 1 is 1.13 bits per heavy atom. The predicted molar refractivity (Wildman–Crippen MR) is 95.3 cm³/mol. The first-order valence-corrected chi connectivity index (χ1v) is 10.2. The van der Waals surface area contributed by atoms with Gasteiger partial charge in [0.1, 0.15) is 5.01 Å². The number of hydrogen-bond donors (Lipinski definition) is 0. The number of aromatic nitrogens is 1. The van der Waals surface area contributed by atoms with Crippen molar-refractivity contribution in [2.24, 2.45) is 0 Å². The minimum Gasteiger partial charge on any atom is -0.239 e. The Bertz CT molecular complexity index is 882. The second-order valence-corrected chi connectivity index (χ2v) is 9.05. The summed E-state index contributed by atoms with van der Waals surface area (Å²) < 4.78 is 26.5. The molecule has 1 aromatic carbocycles. The highest BCUT2D eigenvalue weighted by Gasteiger charge is 2.21. The van der Waals surface area contributed by atoms with E-state index in [2.05, 4.69) is 4.98 Å². The Balaban J connectivity index is 1.78. The maximum absolute atomic E-state index is 12.6. The topological polar surface area (TPSA) is 50.3 Å². The average Bonchev–Trinajstić information content (AvgIpc) is 3.18. The summed E-state index contributed by atoms with van der Waals surface area (Å²) in [6, 6.07) is 10.9. The molecule has 0 N–H and O–H groups in total. The van der Waals surface area contributed by atoms with Crippen LogP contribution in [0.3, 0.4) is 0 Å².